The highest BCUT2D eigenvalue weighted by Crippen LogP contribution is 2.17. The molecule has 6 nitrogen and oxygen atoms in total. The van der Waals surface area contributed by atoms with Crippen molar-refractivity contribution >= 4 is 18.0 Å². The summed E-state index contributed by atoms with van der Waals surface area (Å²) in [4.78, 5) is 25.1. The van der Waals surface area contributed by atoms with Crippen LogP contribution in [0.5, 0.6) is 5.75 Å². The minimum atomic E-state index is -0.486. The zero-order valence-electron chi connectivity index (χ0n) is 17.6. The highest BCUT2D eigenvalue weighted by molar-refractivity contribution is 5.94. The van der Waals surface area contributed by atoms with E-state index in [9.17, 15) is 9.59 Å². The molecule has 2 amide bonds. The fraction of sp³-hybridized carbons (Fsp3) is 0.115. The lowest BCUT2D eigenvalue weighted by molar-refractivity contribution is -0.121. The van der Waals surface area contributed by atoms with E-state index in [1.807, 2.05) is 60.7 Å². The first kappa shape index (κ1) is 22.5. The van der Waals surface area contributed by atoms with Gasteiger partial charge in [-0.15, -0.1) is 0 Å². The number of hydrogen-bond acceptors (Lipinski definition) is 4. The van der Waals surface area contributed by atoms with Gasteiger partial charge >= 0.3 is 0 Å². The number of nitrogens with zero attached hydrogens (tertiary/aromatic N) is 1. The molecule has 2 N–H and O–H groups in total. The molecule has 6 heteroatoms. The molecule has 0 aliphatic heterocycles. The molecule has 0 unspecified atom stereocenters. The number of carbonyl (C=O) groups excluding carboxylic acids is 2. The molecule has 3 rings (SSSR count). The van der Waals surface area contributed by atoms with Gasteiger partial charge in [0.05, 0.1) is 18.7 Å². The zero-order chi connectivity index (χ0) is 22.6. The number of ether oxygens (including phenoxy) is 1. The Kier molecular flexibility index (Phi) is 8.34. The van der Waals surface area contributed by atoms with Gasteiger partial charge in [-0.1, -0.05) is 61.2 Å². The monoisotopic (exact) mass is 427 g/mol. The van der Waals surface area contributed by atoms with Crippen LogP contribution in [-0.4, -0.2) is 24.6 Å². The van der Waals surface area contributed by atoms with Crippen LogP contribution in [0, 0.1) is 0 Å². The van der Waals surface area contributed by atoms with Crippen molar-refractivity contribution < 1.29 is 14.3 Å². The number of amides is 2. The third-order valence-electron chi connectivity index (χ3n) is 4.58. The Balaban J connectivity index is 1.60. The van der Waals surface area contributed by atoms with E-state index in [0.29, 0.717) is 12.2 Å². The lowest BCUT2D eigenvalue weighted by atomic mass is 10.0. The molecule has 0 aliphatic carbocycles. The maximum Gasteiger partial charge on any atom is 0.251 e. The summed E-state index contributed by atoms with van der Waals surface area (Å²) >= 11 is 0. The van der Waals surface area contributed by atoms with Crippen LogP contribution in [0.1, 0.15) is 33.9 Å². The molecule has 3 aromatic carbocycles. The van der Waals surface area contributed by atoms with E-state index in [2.05, 4.69) is 22.4 Å². The molecule has 0 heterocycles. The van der Waals surface area contributed by atoms with Gasteiger partial charge in [0.2, 0.25) is 5.91 Å². The minimum Gasteiger partial charge on any atom is -0.490 e. The summed E-state index contributed by atoms with van der Waals surface area (Å²) in [5, 5.41) is 6.96. The molecule has 1 atom stereocenters. The fourth-order valence-corrected chi connectivity index (χ4v) is 2.98. The number of rotatable bonds is 10. The van der Waals surface area contributed by atoms with Crippen molar-refractivity contribution in [2.45, 2.75) is 12.5 Å². The first-order valence-electron chi connectivity index (χ1n) is 10.2. The van der Waals surface area contributed by atoms with E-state index in [-0.39, 0.29) is 18.2 Å². The smallest absolute Gasteiger partial charge is 0.251 e. The normalized spacial score (nSPS) is 11.5. The summed E-state index contributed by atoms with van der Waals surface area (Å²) in [6.07, 6.45) is 3.28. The van der Waals surface area contributed by atoms with Crippen LogP contribution >= 0.6 is 0 Å². The molecule has 0 aromatic heterocycles. The Morgan fingerprint density at radius 3 is 2.25 bits per heavy atom. The lowest BCUT2D eigenvalue weighted by Gasteiger charge is -2.18. The van der Waals surface area contributed by atoms with E-state index in [1.165, 1.54) is 0 Å². The largest absolute Gasteiger partial charge is 0.490 e. The topological polar surface area (TPSA) is 79.8 Å². The van der Waals surface area contributed by atoms with Gasteiger partial charge in [-0.2, -0.15) is 5.10 Å². The molecular weight excluding hydrogens is 402 g/mol. The summed E-state index contributed by atoms with van der Waals surface area (Å²) in [6, 6.07) is 25.1. The van der Waals surface area contributed by atoms with Crippen LogP contribution < -0.4 is 15.5 Å². The van der Waals surface area contributed by atoms with E-state index in [0.717, 1.165) is 16.9 Å². The lowest BCUT2D eigenvalue weighted by Crippen LogP contribution is -2.32. The SMILES string of the molecule is C=CCOc1ccc(/C=N\NC(=O)C[C@H](NC(=O)c2ccccc2)c2ccccc2)cc1. The second-order valence-electron chi connectivity index (χ2n) is 6.97. The first-order valence-corrected chi connectivity index (χ1v) is 10.2. The van der Waals surface area contributed by atoms with Gasteiger partial charge in [0.1, 0.15) is 12.4 Å². The molecular formula is C26H25N3O3. The number of benzene rings is 3. The summed E-state index contributed by atoms with van der Waals surface area (Å²) in [5.41, 5.74) is 4.71. The maximum atomic E-state index is 12.6. The molecule has 0 saturated heterocycles. The van der Waals surface area contributed by atoms with Gasteiger partial charge in [-0.25, -0.2) is 5.43 Å². The summed E-state index contributed by atoms with van der Waals surface area (Å²) in [7, 11) is 0. The predicted molar refractivity (Wildman–Crippen MR) is 126 cm³/mol. The van der Waals surface area contributed by atoms with Crippen molar-refractivity contribution in [3.05, 3.63) is 114 Å². The van der Waals surface area contributed by atoms with Crippen molar-refractivity contribution in [3.8, 4) is 5.75 Å². The van der Waals surface area contributed by atoms with E-state index < -0.39 is 6.04 Å². The Morgan fingerprint density at radius 1 is 0.938 bits per heavy atom. The van der Waals surface area contributed by atoms with Crippen LogP contribution in [0.15, 0.2) is 103 Å². The number of hydrazone groups is 1. The quantitative estimate of drug-likeness (QED) is 0.288. The van der Waals surface area contributed by atoms with Crippen LogP contribution in [0.2, 0.25) is 0 Å². The van der Waals surface area contributed by atoms with Gasteiger partial charge in [-0.3, -0.25) is 9.59 Å². The molecule has 3 aromatic rings. The summed E-state index contributed by atoms with van der Waals surface area (Å²) in [6.45, 7) is 4.05. The fourth-order valence-electron chi connectivity index (χ4n) is 2.98. The van der Waals surface area contributed by atoms with Crippen molar-refractivity contribution in [1.82, 2.24) is 10.7 Å². The third kappa shape index (κ3) is 6.95. The van der Waals surface area contributed by atoms with Crippen LogP contribution in [0.3, 0.4) is 0 Å². The summed E-state index contributed by atoms with van der Waals surface area (Å²) < 4.78 is 5.44. The van der Waals surface area contributed by atoms with Crippen molar-refractivity contribution in [2.75, 3.05) is 6.61 Å². The Morgan fingerprint density at radius 2 is 1.59 bits per heavy atom. The van der Waals surface area contributed by atoms with Crippen LogP contribution in [0.4, 0.5) is 0 Å². The van der Waals surface area contributed by atoms with Gasteiger partial charge in [0.15, 0.2) is 0 Å². The minimum absolute atomic E-state index is 0.0499. The van der Waals surface area contributed by atoms with Crippen molar-refractivity contribution in [3.63, 3.8) is 0 Å². The first-order chi connectivity index (χ1) is 15.7. The average Bonchev–Trinajstić information content (AvgIpc) is 2.84. The zero-order valence-corrected chi connectivity index (χ0v) is 17.6. The Bertz CT molecular complexity index is 1050. The molecule has 0 saturated carbocycles. The van der Waals surface area contributed by atoms with Gasteiger partial charge in [0.25, 0.3) is 5.91 Å². The Hall–Kier alpha value is -4.19. The highest BCUT2D eigenvalue weighted by atomic mass is 16.5. The number of carbonyl (C=O) groups is 2. The van der Waals surface area contributed by atoms with Crippen molar-refractivity contribution in [1.29, 1.82) is 0 Å². The van der Waals surface area contributed by atoms with Crippen LogP contribution in [-0.2, 0) is 4.79 Å². The maximum absolute atomic E-state index is 12.6. The molecule has 32 heavy (non-hydrogen) atoms. The number of nitrogens with one attached hydrogen (secondary N) is 2. The van der Waals surface area contributed by atoms with Gasteiger partial charge in [0, 0.05) is 5.56 Å². The molecule has 0 radical (unpaired) electrons. The second kappa shape index (κ2) is 11.9. The molecule has 0 spiro atoms. The van der Waals surface area contributed by atoms with Gasteiger partial charge < -0.3 is 10.1 Å². The molecule has 0 bridgehead atoms. The molecule has 162 valence electrons. The third-order valence-corrected chi connectivity index (χ3v) is 4.58. The standard InChI is InChI=1S/C26H25N3O3/c1-2-17-32-23-15-13-20(14-16-23)19-27-29-25(30)18-24(21-9-5-3-6-10-21)28-26(31)22-11-7-4-8-12-22/h2-16,19,24H,1,17-18H2,(H,28,31)(H,29,30)/b27-19-/t24-/m0/s1. The predicted octanol–water partition coefficient (Wildman–Crippen LogP) is 4.26. The van der Waals surface area contributed by atoms with Gasteiger partial charge in [-0.05, 0) is 47.5 Å². The average molecular weight is 428 g/mol. The summed E-state index contributed by atoms with van der Waals surface area (Å²) in [5.74, 6) is 0.176. The van der Waals surface area contributed by atoms with Crippen LogP contribution in [0.25, 0.3) is 0 Å². The van der Waals surface area contributed by atoms with Crippen molar-refractivity contribution in [2.24, 2.45) is 5.10 Å². The van der Waals surface area contributed by atoms with E-state index >= 15 is 0 Å². The van der Waals surface area contributed by atoms with E-state index in [1.54, 1.807) is 36.6 Å². The molecule has 0 fully saturated rings. The number of hydrogen-bond donors (Lipinski definition) is 2. The highest BCUT2D eigenvalue weighted by Gasteiger charge is 2.19. The molecule has 0 aliphatic rings. The second-order valence-corrected chi connectivity index (χ2v) is 6.97. The van der Waals surface area contributed by atoms with E-state index in [4.69, 9.17) is 4.74 Å². The Labute approximate surface area is 187 Å².